The third-order valence-corrected chi connectivity index (χ3v) is 5.13. The summed E-state index contributed by atoms with van der Waals surface area (Å²) >= 11 is 0. The molecular weight excluding hydrogens is 421 g/mol. The molecule has 33 heavy (non-hydrogen) atoms. The van der Waals surface area contributed by atoms with E-state index in [1.807, 2.05) is 26.8 Å². The zero-order valence-electron chi connectivity index (χ0n) is 18.7. The van der Waals surface area contributed by atoms with E-state index in [9.17, 15) is 9.18 Å². The Balaban J connectivity index is 1.72. The molecule has 0 aliphatic heterocycles. The second-order valence-corrected chi connectivity index (χ2v) is 7.84. The third-order valence-electron chi connectivity index (χ3n) is 5.13. The van der Waals surface area contributed by atoms with Crippen LogP contribution >= 0.6 is 0 Å². The summed E-state index contributed by atoms with van der Waals surface area (Å²) in [5.74, 6) is -0.0163. The van der Waals surface area contributed by atoms with Gasteiger partial charge in [-0.3, -0.25) is 14.8 Å². The van der Waals surface area contributed by atoms with E-state index >= 15 is 0 Å². The Morgan fingerprint density at radius 2 is 1.94 bits per heavy atom. The van der Waals surface area contributed by atoms with Crippen molar-refractivity contribution in [2.45, 2.75) is 40.2 Å². The Labute approximate surface area is 190 Å². The van der Waals surface area contributed by atoms with Crippen molar-refractivity contribution in [2.75, 3.05) is 0 Å². The highest BCUT2D eigenvalue weighted by molar-refractivity contribution is 5.96. The lowest BCUT2D eigenvalue weighted by molar-refractivity contribution is 0.0950. The highest BCUT2D eigenvalue weighted by Gasteiger charge is 2.16. The second kappa shape index (κ2) is 9.64. The van der Waals surface area contributed by atoms with Gasteiger partial charge in [0, 0.05) is 23.7 Å². The Kier molecular flexibility index (Phi) is 6.48. The monoisotopic (exact) mass is 445 g/mol. The van der Waals surface area contributed by atoms with Gasteiger partial charge in [0.25, 0.3) is 5.91 Å². The van der Waals surface area contributed by atoms with Gasteiger partial charge in [-0.2, -0.15) is 4.68 Å². The Bertz CT molecular complexity index is 1280. The first kappa shape index (κ1) is 22.2. The molecule has 0 saturated heterocycles. The van der Waals surface area contributed by atoms with Gasteiger partial charge in [-0.05, 0) is 66.1 Å². The topological polar surface area (TPSA) is 98.5 Å². The standard InChI is InChI=1S/C24H24FN7O/c1-4-5-23-29-30-31-32(23)20-10-17(21-7-6-15(2)8-22(21)25)9-18(11-20)24(33)28-14-19-13-26-16(3)12-27-19/h6-13H,4-5,14H2,1-3H3,(H,28,33). The van der Waals surface area contributed by atoms with Gasteiger partial charge in [0.05, 0.1) is 29.8 Å². The van der Waals surface area contributed by atoms with Gasteiger partial charge in [0.1, 0.15) is 5.82 Å². The van der Waals surface area contributed by atoms with E-state index in [0.29, 0.717) is 40.3 Å². The summed E-state index contributed by atoms with van der Waals surface area (Å²) in [7, 11) is 0. The summed E-state index contributed by atoms with van der Waals surface area (Å²) in [6.45, 7) is 5.92. The quantitative estimate of drug-likeness (QED) is 0.465. The van der Waals surface area contributed by atoms with E-state index in [4.69, 9.17) is 0 Å². The van der Waals surface area contributed by atoms with Crippen molar-refractivity contribution in [3.63, 3.8) is 0 Å². The predicted octanol–water partition coefficient (Wildman–Crippen LogP) is 3.76. The van der Waals surface area contributed by atoms with Gasteiger partial charge < -0.3 is 5.32 Å². The largest absolute Gasteiger partial charge is 0.346 e. The summed E-state index contributed by atoms with van der Waals surface area (Å²) in [4.78, 5) is 21.5. The van der Waals surface area contributed by atoms with Crippen molar-refractivity contribution in [1.29, 1.82) is 0 Å². The number of tetrazole rings is 1. The highest BCUT2D eigenvalue weighted by atomic mass is 19.1. The number of benzene rings is 2. The van der Waals surface area contributed by atoms with Gasteiger partial charge in [0.2, 0.25) is 0 Å². The average Bonchev–Trinajstić information content (AvgIpc) is 3.27. The first-order valence-corrected chi connectivity index (χ1v) is 10.7. The smallest absolute Gasteiger partial charge is 0.251 e. The predicted molar refractivity (Wildman–Crippen MR) is 121 cm³/mol. The maximum atomic E-state index is 14.8. The maximum Gasteiger partial charge on any atom is 0.251 e. The second-order valence-electron chi connectivity index (χ2n) is 7.84. The molecule has 8 nitrogen and oxygen atoms in total. The van der Waals surface area contributed by atoms with Crippen LogP contribution in [0.15, 0.2) is 48.8 Å². The van der Waals surface area contributed by atoms with Crippen LogP contribution in [0.2, 0.25) is 0 Å². The van der Waals surface area contributed by atoms with Crippen LogP contribution in [0, 0.1) is 19.7 Å². The summed E-state index contributed by atoms with van der Waals surface area (Å²) in [6, 6.07) is 10.2. The molecule has 168 valence electrons. The molecule has 0 saturated carbocycles. The average molecular weight is 446 g/mol. The molecule has 4 aromatic rings. The lowest BCUT2D eigenvalue weighted by Gasteiger charge is -2.12. The van der Waals surface area contributed by atoms with Gasteiger partial charge in [-0.25, -0.2) is 4.39 Å². The Morgan fingerprint density at radius 3 is 2.67 bits per heavy atom. The number of aromatic nitrogens is 6. The molecule has 0 atom stereocenters. The van der Waals surface area contributed by atoms with Gasteiger partial charge in [0.15, 0.2) is 5.82 Å². The van der Waals surface area contributed by atoms with E-state index in [2.05, 4.69) is 30.8 Å². The molecule has 0 bridgehead atoms. The molecule has 0 fully saturated rings. The molecule has 2 aromatic heterocycles. The van der Waals surface area contributed by atoms with Gasteiger partial charge in [-0.1, -0.05) is 19.1 Å². The molecule has 2 aromatic carbocycles. The fourth-order valence-electron chi connectivity index (χ4n) is 3.44. The number of rotatable bonds is 7. The molecule has 0 radical (unpaired) electrons. The summed E-state index contributed by atoms with van der Waals surface area (Å²) in [6.07, 6.45) is 4.80. The van der Waals surface area contributed by atoms with Crippen LogP contribution in [-0.4, -0.2) is 36.1 Å². The number of halogens is 1. The molecule has 0 spiro atoms. The van der Waals surface area contributed by atoms with E-state index in [0.717, 1.165) is 17.7 Å². The molecular formula is C24H24FN7O. The minimum atomic E-state index is -0.362. The van der Waals surface area contributed by atoms with Crippen molar-refractivity contribution >= 4 is 5.91 Å². The van der Waals surface area contributed by atoms with Crippen LogP contribution in [0.25, 0.3) is 16.8 Å². The highest BCUT2D eigenvalue weighted by Crippen LogP contribution is 2.27. The van der Waals surface area contributed by atoms with Crippen LogP contribution < -0.4 is 5.32 Å². The number of nitrogens with zero attached hydrogens (tertiary/aromatic N) is 6. The number of hydrogen-bond donors (Lipinski definition) is 1. The number of aryl methyl sites for hydroxylation is 3. The van der Waals surface area contributed by atoms with E-state index in [-0.39, 0.29) is 18.3 Å². The summed E-state index contributed by atoms with van der Waals surface area (Å²) in [5, 5.41) is 14.8. The molecule has 1 N–H and O–H groups in total. The molecule has 1 amide bonds. The molecule has 2 heterocycles. The van der Waals surface area contributed by atoms with Gasteiger partial charge in [-0.15, -0.1) is 5.10 Å². The van der Waals surface area contributed by atoms with Crippen LogP contribution in [0.5, 0.6) is 0 Å². The number of hydrogen-bond acceptors (Lipinski definition) is 6. The Morgan fingerprint density at radius 1 is 1.09 bits per heavy atom. The fourth-order valence-corrected chi connectivity index (χ4v) is 3.44. The third kappa shape index (κ3) is 5.08. The lowest BCUT2D eigenvalue weighted by Crippen LogP contribution is -2.23. The van der Waals surface area contributed by atoms with Crippen molar-refractivity contribution < 1.29 is 9.18 Å². The molecule has 9 heteroatoms. The van der Waals surface area contributed by atoms with Crippen molar-refractivity contribution in [2.24, 2.45) is 0 Å². The van der Waals surface area contributed by atoms with Crippen LogP contribution in [-0.2, 0) is 13.0 Å². The minimum absolute atomic E-state index is 0.219. The summed E-state index contributed by atoms with van der Waals surface area (Å²) < 4.78 is 16.4. The number of nitrogens with one attached hydrogen (secondary N) is 1. The van der Waals surface area contributed by atoms with Crippen LogP contribution in [0.4, 0.5) is 4.39 Å². The van der Waals surface area contributed by atoms with E-state index in [1.165, 1.54) is 6.07 Å². The zero-order chi connectivity index (χ0) is 23.4. The van der Waals surface area contributed by atoms with Gasteiger partial charge >= 0.3 is 0 Å². The first-order chi connectivity index (χ1) is 15.9. The van der Waals surface area contributed by atoms with Crippen LogP contribution in [0.1, 0.15) is 46.5 Å². The Hall–Kier alpha value is -4.01. The number of carbonyl (C=O) groups excluding carboxylic acids is 1. The molecule has 4 rings (SSSR count). The van der Waals surface area contributed by atoms with Crippen molar-refractivity contribution in [3.8, 4) is 16.8 Å². The minimum Gasteiger partial charge on any atom is -0.346 e. The maximum absolute atomic E-state index is 14.8. The zero-order valence-corrected chi connectivity index (χ0v) is 18.7. The number of amides is 1. The molecule has 0 aliphatic rings. The van der Waals surface area contributed by atoms with Crippen molar-refractivity contribution in [3.05, 3.63) is 82.9 Å². The fraction of sp³-hybridized carbons (Fsp3) is 0.250. The molecule has 0 unspecified atom stereocenters. The number of carbonyl (C=O) groups is 1. The SMILES string of the molecule is CCCc1nnnn1-c1cc(C(=O)NCc2cnc(C)cn2)cc(-c2ccc(C)cc2F)c1. The first-order valence-electron chi connectivity index (χ1n) is 10.7. The van der Waals surface area contributed by atoms with E-state index < -0.39 is 0 Å². The van der Waals surface area contributed by atoms with E-state index in [1.54, 1.807) is 41.3 Å². The van der Waals surface area contributed by atoms with Crippen LogP contribution in [0.3, 0.4) is 0 Å². The lowest BCUT2D eigenvalue weighted by atomic mass is 10.00. The summed E-state index contributed by atoms with van der Waals surface area (Å²) in [5.41, 5.74) is 4.15. The van der Waals surface area contributed by atoms with Crippen molar-refractivity contribution in [1.82, 2.24) is 35.5 Å². The normalized spacial score (nSPS) is 10.9. The molecule has 0 aliphatic carbocycles.